The molecule has 1 saturated heterocycles. The van der Waals surface area contributed by atoms with Crippen LogP contribution in [0.1, 0.15) is 27.9 Å². The molecule has 4 aromatic rings. The van der Waals surface area contributed by atoms with E-state index < -0.39 is 17.1 Å². The Morgan fingerprint density at radius 2 is 1.70 bits per heavy atom. The van der Waals surface area contributed by atoms with Gasteiger partial charge in [-0.25, -0.2) is 4.90 Å². The average molecular weight is 626 g/mol. The predicted octanol–water partition coefficient (Wildman–Crippen LogP) is 6.49. The minimum absolute atomic E-state index is 0.0125. The molecule has 1 aliphatic heterocycles. The van der Waals surface area contributed by atoms with Crippen molar-refractivity contribution < 1.29 is 23.9 Å². The first-order valence-electron chi connectivity index (χ1n) is 13.7. The molecule has 1 unspecified atom stereocenters. The molecule has 0 bridgehead atoms. The molecular weight excluding hydrogens is 598 g/mol. The van der Waals surface area contributed by atoms with Gasteiger partial charge in [0, 0.05) is 22.6 Å². The fraction of sp³-hybridized carbons (Fsp3) is 0.118. The first kappa shape index (κ1) is 30.6. The van der Waals surface area contributed by atoms with Gasteiger partial charge in [-0.1, -0.05) is 60.1 Å². The molecule has 1 fully saturated rings. The number of imide groups is 1. The number of rotatable bonds is 9. The number of hydrogen-bond acceptors (Lipinski definition) is 6. The molecule has 5 rings (SSSR count). The molecule has 4 amide bonds. The van der Waals surface area contributed by atoms with Crippen molar-refractivity contribution in [3.8, 4) is 5.75 Å². The minimum Gasteiger partial charge on any atom is -0.495 e. The molecule has 1 aliphatic rings. The summed E-state index contributed by atoms with van der Waals surface area (Å²) in [7, 11) is 1.48. The van der Waals surface area contributed by atoms with Crippen molar-refractivity contribution in [2.75, 3.05) is 17.3 Å². The van der Waals surface area contributed by atoms with Gasteiger partial charge in [-0.2, -0.15) is 0 Å². The lowest BCUT2D eigenvalue weighted by Gasteiger charge is -2.16. The van der Waals surface area contributed by atoms with Gasteiger partial charge in [0.05, 0.1) is 23.1 Å². The Hall–Kier alpha value is -4.86. The van der Waals surface area contributed by atoms with Gasteiger partial charge in [0.25, 0.3) is 11.8 Å². The second-order valence-electron chi connectivity index (χ2n) is 9.91. The summed E-state index contributed by atoms with van der Waals surface area (Å²) in [6, 6.07) is 27.9. The van der Waals surface area contributed by atoms with E-state index in [-0.39, 0.29) is 23.9 Å². The zero-order valence-corrected chi connectivity index (χ0v) is 25.4. The Morgan fingerprint density at radius 3 is 2.43 bits per heavy atom. The molecular formula is C34H28ClN3O5S. The number of nitrogens with one attached hydrogen (secondary N) is 2. The topological polar surface area (TPSA) is 105 Å². The quantitative estimate of drug-likeness (QED) is 0.163. The smallest absolute Gasteiger partial charge is 0.272 e. The van der Waals surface area contributed by atoms with Crippen molar-refractivity contribution in [3.05, 3.63) is 124 Å². The van der Waals surface area contributed by atoms with Gasteiger partial charge in [0.2, 0.25) is 11.8 Å². The van der Waals surface area contributed by atoms with Crippen LogP contribution in [0.25, 0.3) is 6.08 Å². The number of carbonyl (C=O) groups is 4. The summed E-state index contributed by atoms with van der Waals surface area (Å²) in [5.41, 5.74) is 3.03. The highest BCUT2D eigenvalue weighted by Crippen LogP contribution is 2.37. The third-order valence-corrected chi connectivity index (χ3v) is 8.36. The van der Waals surface area contributed by atoms with Crippen molar-refractivity contribution in [2.45, 2.75) is 23.5 Å². The van der Waals surface area contributed by atoms with Crippen LogP contribution in [0.3, 0.4) is 0 Å². The van der Waals surface area contributed by atoms with Gasteiger partial charge in [0.15, 0.2) is 0 Å². The SMILES string of the molecule is COc1ccc(N2C(=O)CC(Sc3cccc(NC(=O)/C(=C/c4ccccc4C)NC(=O)c4ccccc4)c3)C2=O)cc1Cl. The molecule has 2 N–H and O–H groups in total. The van der Waals surface area contributed by atoms with E-state index in [1.165, 1.54) is 24.9 Å². The second-order valence-corrected chi connectivity index (χ2v) is 11.6. The van der Waals surface area contributed by atoms with Crippen molar-refractivity contribution >= 4 is 64.4 Å². The summed E-state index contributed by atoms with van der Waals surface area (Å²) in [5, 5.41) is 5.23. The summed E-state index contributed by atoms with van der Waals surface area (Å²) in [6.45, 7) is 1.92. The van der Waals surface area contributed by atoms with Gasteiger partial charge in [0.1, 0.15) is 11.4 Å². The Kier molecular flexibility index (Phi) is 9.47. The van der Waals surface area contributed by atoms with E-state index in [2.05, 4.69) is 10.6 Å². The maximum absolute atomic E-state index is 13.5. The Balaban J connectivity index is 1.33. The number of hydrogen-bond donors (Lipinski definition) is 2. The van der Waals surface area contributed by atoms with Gasteiger partial charge in [-0.05, 0) is 72.7 Å². The van der Waals surface area contributed by atoms with Crippen LogP contribution in [0.4, 0.5) is 11.4 Å². The van der Waals surface area contributed by atoms with E-state index in [0.717, 1.165) is 16.0 Å². The maximum Gasteiger partial charge on any atom is 0.272 e. The number of halogens is 1. The fourth-order valence-corrected chi connectivity index (χ4v) is 5.98. The summed E-state index contributed by atoms with van der Waals surface area (Å²) in [5.74, 6) is -1.19. The van der Waals surface area contributed by atoms with E-state index in [9.17, 15) is 19.2 Å². The molecule has 0 radical (unpaired) electrons. The number of methoxy groups -OCH3 is 1. The van der Waals surface area contributed by atoms with Gasteiger partial charge >= 0.3 is 0 Å². The molecule has 1 atom stereocenters. The van der Waals surface area contributed by atoms with Crippen LogP contribution in [-0.2, 0) is 14.4 Å². The molecule has 10 heteroatoms. The highest BCUT2D eigenvalue weighted by atomic mass is 35.5. The summed E-state index contributed by atoms with van der Waals surface area (Å²) in [6.07, 6.45) is 1.64. The summed E-state index contributed by atoms with van der Waals surface area (Å²) in [4.78, 5) is 54.3. The van der Waals surface area contributed by atoms with Crippen molar-refractivity contribution in [1.29, 1.82) is 0 Å². The van der Waals surface area contributed by atoms with Crippen molar-refractivity contribution in [3.63, 3.8) is 0 Å². The molecule has 222 valence electrons. The molecule has 1 heterocycles. The van der Waals surface area contributed by atoms with Gasteiger partial charge in [-0.15, -0.1) is 11.8 Å². The normalized spacial score (nSPS) is 14.8. The molecule has 0 spiro atoms. The third kappa shape index (κ3) is 7.02. The lowest BCUT2D eigenvalue weighted by Crippen LogP contribution is -2.31. The van der Waals surface area contributed by atoms with Crippen LogP contribution in [0.15, 0.2) is 108 Å². The largest absolute Gasteiger partial charge is 0.495 e. The van der Waals surface area contributed by atoms with Gasteiger partial charge in [-0.3, -0.25) is 19.2 Å². The first-order valence-corrected chi connectivity index (χ1v) is 14.9. The number of amides is 4. The van der Waals surface area contributed by atoms with Crippen LogP contribution >= 0.6 is 23.4 Å². The molecule has 0 saturated carbocycles. The second kappa shape index (κ2) is 13.6. The van der Waals surface area contributed by atoms with Crippen molar-refractivity contribution in [2.24, 2.45) is 0 Å². The lowest BCUT2D eigenvalue weighted by molar-refractivity contribution is -0.121. The van der Waals surface area contributed by atoms with Crippen molar-refractivity contribution in [1.82, 2.24) is 5.32 Å². The monoisotopic (exact) mass is 625 g/mol. The third-order valence-electron chi connectivity index (χ3n) is 6.89. The Morgan fingerprint density at radius 1 is 0.955 bits per heavy atom. The summed E-state index contributed by atoms with van der Waals surface area (Å²) < 4.78 is 5.17. The molecule has 4 aromatic carbocycles. The number of nitrogens with zero attached hydrogens (tertiary/aromatic N) is 1. The average Bonchev–Trinajstić information content (AvgIpc) is 3.30. The lowest BCUT2D eigenvalue weighted by atomic mass is 10.1. The predicted molar refractivity (Wildman–Crippen MR) is 173 cm³/mol. The highest BCUT2D eigenvalue weighted by molar-refractivity contribution is 8.00. The van der Waals surface area contributed by atoms with Crippen LogP contribution in [0.2, 0.25) is 5.02 Å². The molecule has 44 heavy (non-hydrogen) atoms. The number of aryl methyl sites for hydroxylation is 1. The molecule has 0 aromatic heterocycles. The van der Waals surface area contributed by atoms with Crippen LogP contribution < -0.4 is 20.3 Å². The standard InChI is InChI=1S/C34H28ClN3O5S/c1-21-9-6-7-12-23(21)17-28(37-32(40)22-10-4-3-5-11-22)33(41)36-24-13-8-14-26(18-24)44-30-20-31(39)38(34(30)42)25-15-16-29(43-2)27(35)19-25/h3-19,30H,20H2,1-2H3,(H,36,41)(H,37,40)/b28-17-. The fourth-order valence-electron chi connectivity index (χ4n) is 4.62. The Bertz CT molecular complexity index is 1780. The van der Waals surface area contributed by atoms with E-state index in [1.54, 1.807) is 72.8 Å². The van der Waals surface area contributed by atoms with Crippen LogP contribution in [0, 0.1) is 6.92 Å². The van der Waals surface area contributed by atoms with E-state index >= 15 is 0 Å². The zero-order chi connectivity index (χ0) is 31.2. The highest BCUT2D eigenvalue weighted by Gasteiger charge is 2.40. The first-order chi connectivity index (χ1) is 21.2. The minimum atomic E-state index is -0.656. The molecule has 8 nitrogen and oxygen atoms in total. The van der Waals surface area contributed by atoms with Gasteiger partial charge < -0.3 is 15.4 Å². The van der Waals surface area contributed by atoms with E-state index in [0.29, 0.717) is 32.6 Å². The number of carbonyl (C=O) groups excluding carboxylic acids is 4. The van der Waals surface area contributed by atoms with Crippen LogP contribution in [-0.4, -0.2) is 36.0 Å². The number of thioether (sulfide) groups is 1. The van der Waals surface area contributed by atoms with E-state index in [1.807, 2.05) is 31.2 Å². The van der Waals surface area contributed by atoms with Crippen LogP contribution in [0.5, 0.6) is 5.75 Å². The maximum atomic E-state index is 13.5. The summed E-state index contributed by atoms with van der Waals surface area (Å²) >= 11 is 7.45. The molecule has 0 aliphatic carbocycles. The Labute approximate surface area is 264 Å². The number of ether oxygens (including phenoxy) is 1. The zero-order valence-electron chi connectivity index (χ0n) is 23.9. The van der Waals surface area contributed by atoms with E-state index in [4.69, 9.17) is 16.3 Å². The number of anilines is 2. The number of benzene rings is 4.